The molecule has 1 heterocycles. The molecule has 210 valence electrons. The first-order valence-electron chi connectivity index (χ1n) is 12.0. The number of fused-ring (bicyclic) bond motifs is 1. The number of hydrogen-bond acceptors (Lipinski definition) is 5. The molecule has 1 aromatic heterocycles. The maximum atomic E-state index is 13.6. The van der Waals surface area contributed by atoms with E-state index in [-0.39, 0.29) is 56.9 Å². The summed E-state index contributed by atoms with van der Waals surface area (Å²) < 4.78 is 85.2. The van der Waals surface area contributed by atoms with E-state index < -0.39 is 41.0 Å². The van der Waals surface area contributed by atoms with Gasteiger partial charge in [-0.15, -0.1) is 0 Å². The van der Waals surface area contributed by atoms with Gasteiger partial charge in [0.15, 0.2) is 5.78 Å². The van der Waals surface area contributed by atoms with Crippen LogP contribution in [0.25, 0.3) is 33.4 Å². The van der Waals surface area contributed by atoms with Gasteiger partial charge < -0.3 is 9.52 Å². The average Bonchev–Trinajstić information content (AvgIpc) is 3.25. The standard InChI is InChI=1S/C28H23F4NO6S/c1-3-23(34)25-21-14-20(17-5-4-6-18(13-17)27(35)36)22(33(40(2,37)38)12-11-28(30,31)32)15-24(21)39-26(25)16-7-9-19(29)10-8-16/h4-10,13-15H,3,11-12H2,1-2H3,(H,35,36). The summed E-state index contributed by atoms with van der Waals surface area (Å²) in [5.41, 5.74) is 0.391. The van der Waals surface area contributed by atoms with Gasteiger partial charge in [-0.1, -0.05) is 19.1 Å². The van der Waals surface area contributed by atoms with Gasteiger partial charge in [0.2, 0.25) is 10.0 Å². The quantitative estimate of drug-likeness (QED) is 0.171. The smallest absolute Gasteiger partial charge is 0.390 e. The van der Waals surface area contributed by atoms with Gasteiger partial charge in [0, 0.05) is 35.5 Å². The van der Waals surface area contributed by atoms with E-state index in [1.807, 2.05) is 0 Å². The number of anilines is 1. The van der Waals surface area contributed by atoms with E-state index in [1.165, 1.54) is 60.7 Å². The van der Waals surface area contributed by atoms with Crippen molar-refractivity contribution in [2.24, 2.45) is 0 Å². The number of sulfonamides is 1. The zero-order valence-electron chi connectivity index (χ0n) is 21.3. The van der Waals surface area contributed by atoms with E-state index in [2.05, 4.69) is 0 Å². The highest BCUT2D eigenvalue weighted by Gasteiger charge is 2.32. The Morgan fingerprint density at radius 1 is 1.00 bits per heavy atom. The molecule has 4 rings (SSSR count). The van der Waals surface area contributed by atoms with Gasteiger partial charge in [0.1, 0.15) is 17.2 Å². The van der Waals surface area contributed by atoms with Crippen molar-refractivity contribution < 1.29 is 45.1 Å². The van der Waals surface area contributed by atoms with Crippen LogP contribution in [0.15, 0.2) is 65.1 Å². The fourth-order valence-electron chi connectivity index (χ4n) is 4.34. The molecular weight excluding hydrogens is 554 g/mol. The minimum atomic E-state index is -4.67. The van der Waals surface area contributed by atoms with Crippen molar-refractivity contribution in [1.82, 2.24) is 0 Å². The van der Waals surface area contributed by atoms with Crippen LogP contribution in [-0.4, -0.2) is 44.3 Å². The second kappa shape index (κ2) is 10.8. The minimum Gasteiger partial charge on any atom is -0.478 e. The Kier molecular flexibility index (Phi) is 7.75. The summed E-state index contributed by atoms with van der Waals surface area (Å²) in [6, 6.07) is 13.2. The number of alkyl halides is 3. The predicted molar refractivity (Wildman–Crippen MR) is 141 cm³/mol. The molecular formula is C28H23F4NO6S. The second-order valence-corrected chi connectivity index (χ2v) is 10.9. The molecule has 40 heavy (non-hydrogen) atoms. The molecule has 0 amide bonds. The third-order valence-corrected chi connectivity index (χ3v) is 7.38. The third-order valence-electron chi connectivity index (χ3n) is 6.20. The molecule has 12 heteroatoms. The van der Waals surface area contributed by atoms with Crippen molar-refractivity contribution in [3.8, 4) is 22.5 Å². The fourth-order valence-corrected chi connectivity index (χ4v) is 5.27. The Morgan fingerprint density at radius 2 is 1.68 bits per heavy atom. The lowest BCUT2D eigenvalue weighted by atomic mass is 9.95. The highest BCUT2D eigenvalue weighted by Crippen LogP contribution is 2.42. The number of aromatic carboxylic acids is 1. The summed E-state index contributed by atoms with van der Waals surface area (Å²) in [5.74, 6) is -2.08. The van der Waals surface area contributed by atoms with Gasteiger partial charge >= 0.3 is 12.1 Å². The van der Waals surface area contributed by atoms with Crippen molar-refractivity contribution >= 4 is 38.4 Å². The minimum absolute atomic E-state index is 0.00456. The summed E-state index contributed by atoms with van der Waals surface area (Å²) in [6.07, 6.45) is -5.32. The van der Waals surface area contributed by atoms with E-state index in [0.29, 0.717) is 9.87 Å². The number of furan rings is 1. The maximum absolute atomic E-state index is 13.6. The molecule has 7 nitrogen and oxygen atoms in total. The van der Waals surface area contributed by atoms with Crippen LogP contribution in [-0.2, 0) is 10.0 Å². The van der Waals surface area contributed by atoms with Crippen LogP contribution in [0.1, 0.15) is 40.5 Å². The number of carboxylic acids is 1. The lowest BCUT2D eigenvalue weighted by molar-refractivity contribution is -0.131. The Morgan fingerprint density at radius 3 is 2.25 bits per heavy atom. The van der Waals surface area contributed by atoms with Crippen molar-refractivity contribution in [3.05, 3.63) is 77.6 Å². The first-order chi connectivity index (χ1) is 18.7. The number of ketones is 1. The monoisotopic (exact) mass is 577 g/mol. The van der Waals surface area contributed by atoms with Crippen LogP contribution in [0.5, 0.6) is 0 Å². The van der Waals surface area contributed by atoms with Crippen LogP contribution >= 0.6 is 0 Å². The summed E-state index contributed by atoms with van der Waals surface area (Å²) in [7, 11) is -4.28. The SMILES string of the molecule is CCC(=O)c1c(-c2ccc(F)cc2)oc2cc(N(CCC(F)(F)F)S(C)(=O)=O)c(-c3cccc(C(=O)O)c3)cc12. The van der Waals surface area contributed by atoms with Crippen LogP contribution in [0.4, 0.5) is 23.2 Å². The number of Topliss-reactive ketones (excluding diaryl/α,β-unsaturated/α-hetero) is 1. The first-order valence-corrected chi connectivity index (χ1v) is 13.8. The van der Waals surface area contributed by atoms with Gasteiger partial charge in [-0.2, -0.15) is 13.2 Å². The summed E-state index contributed by atoms with van der Waals surface area (Å²) in [6.45, 7) is 0.662. The normalized spacial score (nSPS) is 12.1. The molecule has 4 aromatic rings. The maximum Gasteiger partial charge on any atom is 0.390 e. The molecule has 0 fully saturated rings. The third kappa shape index (κ3) is 6.01. The number of halogens is 4. The van der Waals surface area contributed by atoms with Gasteiger partial charge in [-0.25, -0.2) is 17.6 Å². The lowest BCUT2D eigenvalue weighted by Crippen LogP contribution is -2.33. The molecule has 0 saturated carbocycles. The van der Waals surface area contributed by atoms with Crippen LogP contribution in [0.2, 0.25) is 0 Å². The highest BCUT2D eigenvalue weighted by atomic mass is 32.2. The van der Waals surface area contributed by atoms with Crippen molar-refractivity contribution in [2.75, 3.05) is 17.1 Å². The molecule has 0 unspecified atom stereocenters. The number of carboxylic acid groups (broad SMARTS) is 1. The van der Waals surface area contributed by atoms with Crippen LogP contribution in [0.3, 0.4) is 0 Å². The number of nitrogens with zero attached hydrogens (tertiary/aromatic N) is 1. The second-order valence-electron chi connectivity index (χ2n) is 9.04. The fraction of sp³-hybridized carbons (Fsp3) is 0.214. The van der Waals surface area contributed by atoms with E-state index in [9.17, 15) is 40.7 Å². The average molecular weight is 578 g/mol. The van der Waals surface area contributed by atoms with Gasteiger partial charge in [0.25, 0.3) is 0 Å². The number of benzene rings is 3. The van der Waals surface area contributed by atoms with Crippen molar-refractivity contribution in [2.45, 2.75) is 25.9 Å². The number of rotatable bonds is 9. The largest absolute Gasteiger partial charge is 0.478 e. The topological polar surface area (TPSA) is 105 Å². The van der Waals surface area contributed by atoms with Gasteiger partial charge in [0.05, 0.1) is 29.5 Å². The molecule has 0 bridgehead atoms. The van der Waals surface area contributed by atoms with Gasteiger partial charge in [-0.3, -0.25) is 9.10 Å². The van der Waals surface area contributed by atoms with Crippen LogP contribution in [0, 0.1) is 5.82 Å². The van der Waals surface area contributed by atoms with Crippen LogP contribution < -0.4 is 4.31 Å². The van der Waals surface area contributed by atoms with E-state index in [1.54, 1.807) is 6.92 Å². The molecule has 0 radical (unpaired) electrons. The molecule has 0 atom stereocenters. The summed E-state index contributed by atoms with van der Waals surface area (Å²) in [5, 5.41) is 9.72. The zero-order chi connectivity index (χ0) is 29.4. The molecule has 0 aliphatic carbocycles. The first kappa shape index (κ1) is 28.8. The van der Waals surface area contributed by atoms with E-state index >= 15 is 0 Å². The number of hydrogen-bond donors (Lipinski definition) is 1. The molecule has 3 aromatic carbocycles. The highest BCUT2D eigenvalue weighted by molar-refractivity contribution is 7.92. The molecule has 0 spiro atoms. The number of carbonyl (C=O) groups is 2. The molecule has 1 N–H and O–H groups in total. The van der Waals surface area contributed by atoms with E-state index in [4.69, 9.17) is 4.42 Å². The lowest BCUT2D eigenvalue weighted by Gasteiger charge is -2.26. The Bertz CT molecular complexity index is 1710. The zero-order valence-corrected chi connectivity index (χ0v) is 22.1. The molecule has 0 aliphatic heterocycles. The number of carbonyl (C=O) groups excluding carboxylic acids is 1. The Labute approximate surface area is 226 Å². The van der Waals surface area contributed by atoms with Crippen molar-refractivity contribution in [1.29, 1.82) is 0 Å². The Balaban J connectivity index is 2.08. The van der Waals surface area contributed by atoms with Gasteiger partial charge in [-0.05, 0) is 48.0 Å². The molecule has 0 aliphatic rings. The predicted octanol–water partition coefficient (Wildman–Crippen LogP) is 6.92. The van der Waals surface area contributed by atoms with Crippen molar-refractivity contribution in [3.63, 3.8) is 0 Å². The summed E-state index contributed by atoms with van der Waals surface area (Å²) in [4.78, 5) is 24.7. The van der Waals surface area contributed by atoms with E-state index in [0.717, 1.165) is 6.26 Å². The summed E-state index contributed by atoms with van der Waals surface area (Å²) >= 11 is 0. The Hall–Kier alpha value is -4.19. The molecule has 0 saturated heterocycles.